The zero-order valence-electron chi connectivity index (χ0n) is 12.2. The van der Waals surface area contributed by atoms with Crippen molar-refractivity contribution in [2.24, 2.45) is 0 Å². The minimum absolute atomic E-state index is 0.118. The summed E-state index contributed by atoms with van der Waals surface area (Å²) in [6.45, 7) is 3.43. The standard InChI is InChI=1S/C16H14N2O3S/c1-9-3-4-12-11(7-21-14(12)5-9)6-15(20)18-16-17-13(8-22-16)10(2)19/h3-5,7-8H,6H2,1-2H3,(H,17,18,20). The zero-order chi connectivity index (χ0) is 15.7. The van der Waals surface area contributed by atoms with Gasteiger partial charge in [-0.05, 0) is 18.6 Å². The fourth-order valence-corrected chi connectivity index (χ4v) is 2.92. The lowest BCUT2D eigenvalue weighted by Crippen LogP contribution is -2.14. The third-order valence-electron chi connectivity index (χ3n) is 3.27. The third kappa shape index (κ3) is 2.92. The highest BCUT2D eigenvalue weighted by atomic mass is 32.1. The number of hydrogen-bond donors (Lipinski definition) is 1. The molecule has 0 saturated carbocycles. The summed E-state index contributed by atoms with van der Waals surface area (Å²) in [5, 5.41) is 5.70. The Hall–Kier alpha value is -2.47. The van der Waals surface area contributed by atoms with Gasteiger partial charge >= 0.3 is 0 Å². The first-order valence-corrected chi connectivity index (χ1v) is 7.64. The van der Waals surface area contributed by atoms with E-state index in [1.807, 2.05) is 25.1 Å². The molecule has 6 heteroatoms. The van der Waals surface area contributed by atoms with Crippen LogP contribution in [0.3, 0.4) is 0 Å². The van der Waals surface area contributed by atoms with Crippen LogP contribution >= 0.6 is 11.3 Å². The maximum Gasteiger partial charge on any atom is 0.230 e. The Bertz CT molecular complexity index is 863. The van der Waals surface area contributed by atoms with E-state index in [0.717, 1.165) is 22.1 Å². The molecule has 0 aliphatic heterocycles. The van der Waals surface area contributed by atoms with Gasteiger partial charge in [0.25, 0.3) is 0 Å². The Morgan fingerprint density at radius 1 is 1.36 bits per heavy atom. The number of aromatic nitrogens is 1. The van der Waals surface area contributed by atoms with Crippen LogP contribution in [-0.4, -0.2) is 16.7 Å². The van der Waals surface area contributed by atoms with Crippen LogP contribution in [0.25, 0.3) is 11.0 Å². The second-order valence-corrected chi connectivity index (χ2v) is 5.94. The van der Waals surface area contributed by atoms with Gasteiger partial charge in [0.2, 0.25) is 5.91 Å². The van der Waals surface area contributed by atoms with Crippen molar-refractivity contribution in [3.8, 4) is 0 Å². The summed E-state index contributed by atoms with van der Waals surface area (Å²) in [6, 6.07) is 5.88. The Balaban J connectivity index is 1.74. The van der Waals surface area contributed by atoms with Crippen molar-refractivity contribution in [2.75, 3.05) is 5.32 Å². The van der Waals surface area contributed by atoms with E-state index >= 15 is 0 Å². The van der Waals surface area contributed by atoms with E-state index in [4.69, 9.17) is 4.42 Å². The van der Waals surface area contributed by atoms with Gasteiger partial charge in [0.05, 0.1) is 12.7 Å². The van der Waals surface area contributed by atoms with Crippen LogP contribution in [0.2, 0.25) is 0 Å². The molecule has 5 nitrogen and oxygen atoms in total. The summed E-state index contributed by atoms with van der Waals surface area (Å²) in [4.78, 5) is 27.4. The molecule has 3 aromatic rings. The summed E-state index contributed by atoms with van der Waals surface area (Å²) in [5.41, 5.74) is 3.08. The number of amides is 1. The van der Waals surface area contributed by atoms with Crippen LogP contribution in [0.5, 0.6) is 0 Å². The van der Waals surface area contributed by atoms with Crippen LogP contribution in [0, 0.1) is 6.92 Å². The molecular weight excluding hydrogens is 300 g/mol. The van der Waals surface area contributed by atoms with E-state index in [1.165, 1.54) is 18.3 Å². The van der Waals surface area contributed by atoms with E-state index in [9.17, 15) is 9.59 Å². The van der Waals surface area contributed by atoms with Gasteiger partial charge in [-0.2, -0.15) is 0 Å². The number of carbonyl (C=O) groups excluding carboxylic acids is 2. The number of thiazole rings is 1. The maximum absolute atomic E-state index is 12.1. The molecule has 3 rings (SSSR count). The molecule has 0 unspecified atom stereocenters. The monoisotopic (exact) mass is 314 g/mol. The SMILES string of the molecule is CC(=O)c1csc(NC(=O)Cc2coc3cc(C)ccc23)n1. The topological polar surface area (TPSA) is 72.2 Å². The predicted molar refractivity (Wildman–Crippen MR) is 85.4 cm³/mol. The van der Waals surface area contributed by atoms with Crippen LogP contribution < -0.4 is 5.32 Å². The number of carbonyl (C=O) groups is 2. The molecule has 0 fully saturated rings. The zero-order valence-corrected chi connectivity index (χ0v) is 13.0. The second kappa shape index (κ2) is 5.73. The number of anilines is 1. The van der Waals surface area contributed by atoms with Crippen molar-refractivity contribution in [1.82, 2.24) is 4.98 Å². The highest BCUT2D eigenvalue weighted by molar-refractivity contribution is 7.14. The molecule has 0 aliphatic carbocycles. The van der Waals surface area contributed by atoms with Gasteiger partial charge < -0.3 is 9.73 Å². The van der Waals surface area contributed by atoms with Gasteiger partial charge in [0.1, 0.15) is 11.3 Å². The van der Waals surface area contributed by atoms with E-state index in [1.54, 1.807) is 11.6 Å². The molecule has 1 N–H and O–H groups in total. The highest BCUT2D eigenvalue weighted by Crippen LogP contribution is 2.23. The summed E-state index contributed by atoms with van der Waals surface area (Å²) in [7, 11) is 0. The molecule has 0 atom stereocenters. The number of benzene rings is 1. The van der Waals surface area contributed by atoms with Crippen LogP contribution in [0.4, 0.5) is 5.13 Å². The Labute approximate surface area is 131 Å². The summed E-state index contributed by atoms with van der Waals surface area (Å²) >= 11 is 1.24. The fraction of sp³-hybridized carbons (Fsp3) is 0.188. The average molecular weight is 314 g/mol. The number of Topliss-reactive ketones (excluding diaryl/α,β-unsaturated/α-hetero) is 1. The van der Waals surface area contributed by atoms with E-state index in [2.05, 4.69) is 10.3 Å². The Kier molecular flexibility index (Phi) is 3.77. The van der Waals surface area contributed by atoms with E-state index in [0.29, 0.717) is 10.8 Å². The van der Waals surface area contributed by atoms with Crippen molar-refractivity contribution < 1.29 is 14.0 Å². The van der Waals surface area contributed by atoms with Crippen molar-refractivity contribution in [2.45, 2.75) is 20.3 Å². The third-order valence-corrected chi connectivity index (χ3v) is 4.03. The number of hydrogen-bond acceptors (Lipinski definition) is 5. The molecule has 0 aliphatic rings. The number of fused-ring (bicyclic) bond motifs is 1. The number of nitrogens with zero attached hydrogens (tertiary/aromatic N) is 1. The first-order valence-electron chi connectivity index (χ1n) is 6.76. The molecule has 22 heavy (non-hydrogen) atoms. The summed E-state index contributed by atoms with van der Waals surface area (Å²) < 4.78 is 5.48. The molecule has 0 bridgehead atoms. The highest BCUT2D eigenvalue weighted by Gasteiger charge is 2.13. The van der Waals surface area contributed by atoms with Crippen LogP contribution in [0.1, 0.15) is 28.5 Å². The van der Waals surface area contributed by atoms with Gasteiger partial charge in [-0.25, -0.2) is 4.98 Å². The van der Waals surface area contributed by atoms with Crippen molar-refractivity contribution >= 4 is 39.1 Å². The van der Waals surface area contributed by atoms with Gasteiger partial charge in [-0.1, -0.05) is 12.1 Å². The predicted octanol–water partition coefficient (Wildman–Crippen LogP) is 3.58. The van der Waals surface area contributed by atoms with Crippen molar-refractivity contribution in [3.05, 3.63) is 46.7 Å². The van der Waals surface area contributed by atoms with Crippen molar-refractivity contribution in [3.63, 3.8) is 0 Å². The summed E-state index contributed by atoms with van der Waals surface area (Å²) in [6.07, 6.45) is 1.80. The molecule has 112 valence electrons. The first kappa shape index (κ1) is 14.5. The normalized spacial score (nSPS) is 10.8. The average Bonchev–Trinajstić information content (AvgIpc) is 3.06. The van der Waals surface area contributed by atoms with Gasteiger partial charge in [-0.3, -0.25) is 9.59 Å². The molecule has 2 aromatic heterocycles. The van der Waals surface area contributed by atoms with Gasteiger partial charge in [0, 0.05) is 23.3 Å². The quantitative estimate of drug-likeness (QED) is 0.747. The van der Waals surface area contributed by atoms with Gasteiger partial charge in [-0.15, -0.1) is 11.3 Å². The minimum Gasteiger partial charge on any atom is -0.464 e. The molecule has 1 aromatic carbocycles. The molecule has 0 radical (unpaired) electrons. The lowest BCUT2D eigenvalue weighted by molar-refractivity contribution is -0.115. The molecular formula is C16H14N2O3S. The lowest BCUT2D eigenvalue weighted by atomic mass is 10.1. The first-order chi connectivity index (χ1) is 10.5. The fourth-order valence-electron chi connectivity index (χ4n) is 2.16. The van der Waals surface area contributed by atoms with Crippen molar-refractivity contribution in [1.29, 1.82) is 0 Å². The minimum atomic E-state index is -0.187. The number of ketones is 1. The number of rotatable bonds is 4. The smallest absolute Gasteiger partial charge is 0.230 e. The molecule has 2 heterocycles. The van der Waals surface area contributed by atoms with Crippen LogP contribution in [0.15, 0.2) is 34.3 Å². The lowest BCUT2D eigenvalue weighted by Gasteiger charge is -2.00. The summed E-state index contributed by atoms with van der Waals surface area (Å²) in [5.74, 6) is -0.305. The molecule has 1 amide bonds. The second-order valence-electron chi connectivity index (χ2n) is 5.08. The molecule has 0 spiro atoms. The molecule has 0 saturated heterocycles. The largest absolute Gasteiger partial charge is 0.464 e. The number of furan rings is 1. The van der Waals surface area contributed by atoms with E-state index < -0.39 is 0 Å². The Morgan fingerprint density at radius 3 is 2.91 bits per heavy atom. The van der Waals surface area contributed by atoms with Crippen LogP contribution in [-0.2, 0) is 11.2 Å². The maximum atomic E-state index is 12.1. The number of nitrogens with one attached hydrogen (secondary N) is 1. The van der Waals surface area contributed by atoms with Gasteiger partial charge in [0.15, 0.2) is 10.9 Å². The van der Waals surface area contributed by atoms with E-state index in [-0.39, 0.29) is 18.1 Å². The number of aryl methyl sites for hydroxylation is 1. The Morgan fingerprint density at radius 2 is 2.18 bits per heavy atom.